The molecule has 0 radical (unpaired) electrons. The van der Waals surface area contributed by atoms with E-state index in [0.717, 1.165) is 68.5 Å². The maximum absolute atomic E-state index is 11.2. The van der Waals surface area contributed by atoms with Crippen LogP contribution in [0.15, 0.2) is 42.0 Å². The lowest BCUT2D eigenvalue weighted by Crippen LogP contribution is -2.22. The molecule has 0 N–H and O–H groups in total. The highest BCUT2D eigenvalue weighted by Crippen LogP contribution is 2.35. The third-order valence-corrected chi connectivity index (χ3v) is 6.21. The predicted molar refractivity (Wildman–Crippen MR) is 128 cm³/mol. The first-order valence-electron chi connectivity index (χ1n) is 10.9. The lowest BCUT2D eigenvalue weighted by molar-refractivity contribution is 0.333. The number of benzene rings is 2. The number of rotatable bonds is 11. The zero-order valence-electron chi connectivity index (χ0n) is 19.4. The fraction of sp³-hybridized carbons (Fsp3) is 0.440. The van der Waals surface area contributed by atoms with Crippen LogP contribution in [0.5, 0.6) is 17.2 Å². The molecule has 0 bridgehead atoms. The first kappa shape index (κ1) is 24.1. The van der Waals surface area contributed by atoms with E-state index in [1.54, 1.807) is 26.4 Å². The number of methoxy groups -OCH3 is 2. The van der Waals surface area contributed by atoms with Crippen LogP contribution in [0.2, 0.25) is 0 Å². The summed E-state index contributed by atoms with van der Waals surface area (Å²) in [7, 11) is 2.00. The number of fused-ring (bicyclic) bond motifs is 1. The Labute approximate surface area is 191 Å². The fourth-order valence-electron chi connectivity index (χ4n) is 3.97. The molecule has 3 rings (SSSR count). The molecule has 32 heavy (non-hydrogen) atoms. The van der Waals surface area contributed by atoms with Crippen molar-refractivity contribution in [2.24, 2.45) is 0 Å². The van der Waals surface area contributed by atoms with Crippen LogP contribution in [0.4, 0.5) is 0 Å². The number of ether oxygens (including phenoxy) is 2. The van der Waals surface area contributed by atoms with Crippen LogP contribution in [0.25, 0.3) is 6.08 Å². The largest absolute Gasteiger partial charge is 0.493 e. The van der Waals surface area contributed by atoms with Gasteiger partial charge >= 0.3 is 10.1 Å². The average molecular weight is 460 g/mol. The van der Waals surface area contributed by atoms with Gasteiger partial charge in [0, 0.05) is 6.54 Å². The Balaban J connectivity index is 1.45. The van der Waals surface area contributed by atoms with Crippen molar-refractivity contribution in [3.8, 4) is 17.2 Å². The molecule has 2 aromatic carbocycles. The summed E-state index contributed by atoms with van der Waals surface area (Å²) in [5.74, 6) is 1.92. The molecular weight excluding hydrogens is 426 g/mol. The van der Waals surface area contributed by atoms with Crippen molar-refractivity contribution in [1.29, 1.82) is 0 Å². The summed E-state index contributed by atoms with van der Waals surface area (Å²) in [6, 6.07) is 11.4. The van der Waals surface area contributed by atoms with E-state index >= 15 is 0 Å². The minimum atomic E-state index is -3.48. The number of hydrogen-bond acceptors (Lipinski definition) is 6. The first-order valence-corrected chi connectivity index (χ1v) is 12.7. The molecule has 1 aliphatic rings. The Bertz CT molecular complexity index is 1040. The Morgan fingerprint density at radius 3 is 2.28 bits per heavy atom. The fourth-order valence-corrected chi connectivity index (χ4v) is 4.43. The summed E-state index contributed by atoms with van der Waals surface area (Å²) in [5.41, 5.74) is 5.20. The lowest BCUT2D eigenvalue weighted by atomic mass is 9.89. The number of likely N-dealkylation sites (N-methyl/N-ethyl adjacent to an activating group) is 1. The maximum atomic E-state index is 11.2. The Hall–Kier alpha value is -2.51. The van der Waals surface area contributed by atoms with Gasteiger partial charge < -0.3 is 18.6 Å². The SMILES string of the molecule is COc1cc2c(cc1OC)CCC(CCCN(C)CCc1ccc(OS(C)(=O)=O)cc1)=C2. The molecule has 0 amide bonds. The van der Waals surface area contributed by atoms with Crippen LogP contribution in [0.1, 0.15) is 36.0 Å². The summed E-state index contributed by atoms with van der Waals surface area (Å²) < 4.78 is 38.1. The van der Waals surface area contributed by atoms with Gasteiger partial charge in [-0.2, -0.15) is 8.42 Å². The van der Waals surface area contributed by atoms with Gasteiger partial charge in [0.15, 0.2) is 11.5 Å². The third kappa shape index (κ3) is 7.00. The van der Waals surface area contributed by atoms with E-state index < -0.39 is 10.1 Å². The van der Waals surface area contributed by atoms with Gasteiger partial charge in [-0.05, 0) is 86.7 Å². The van der Waals surface area contributed by atoms with E-state index in [-0.39, 0.29) is 0 Å². The highest BCUT2D eigenvalue weighted by molar-refractivity contribution is 7.86. The van der Waals surface area contributed by atoms with E-state index in [0.29, 0.717) is 5.75 Å². The molecule has 0 aliphatic heterocycles. The minimum absolute atomic E-state index is 0.350. The number of nitrogens with zero attached hydrogens (tertiary/aromatic N) is 1. The molecule has 1 aliphatic carbocycles. The van der Waals surface area contributed by atoms with Crippen molar-refractivity contribution >= 4 is 16.2 Å². The predicted octanol–water partition coefficient (Wildman–Crippen LogP) is 4.33. The minimum Gasteiger partial charge on any atom is -0.493 e. The van der Waals surface area contributed by atoms with Crippen molar-refractivity contribution < 1.29 is 22.1 Å². The standard InChI is InChI=1S/C25H33NO5S/c1-26(15-13-19-8-11-23(12-9-19)31-32(4,27)28)14-5-6-20-7-10-21-17-24(29-2)25(30-3)18-22(21)16-20/h8-9,11-12,16-18H,5-7,10,13-15H2,1-4H3. The van der Waals surface area contributed by atoms with Gasteiger partial charge in [0.05, 0.1) is 20.5 Å². The van der Waals surface area contributed by atoms with Crippen molar-refractivity contribution in [2.75, 3.05) is 40.6 Å². The normalized spacial score (nSPS) is 13.5. The van der Waals surface area contributed by atoms with Crippen molar-refractivity contribution in [1.82, 2.24) is 4.90 Å². The van der Waals surface area contributed by atoms with Gasteiger partial charge in [-0.15, -0.1) is 0 Å². The van der Waals surface area contributed by atoms with Crippen molar-refractivity contribution in [2.45, 2.75) is 32.1 Å². The Morgan fingerprint density at radius 2 is 1.62 bits per heavy atom. The Kier molecular flexibility index (Phi) is 8.21. The molecule has 0 saturated carbocycles. The second-order valence-corrected chi connectivity index (χ2v) is 9.87. The summed E-state index contributed by atoms with van der Waals surface area (Å²) >= 11 is 0. The lowest BCUT2D eigenvalue weighted by Gasteiger charge is -2.20. The average Bonchev–Trinajstić information content (AvgIpc) is 2.76. The molecule has 0 saturated heterocycles. The van der Waals surface area contributed by atoms with E-state index in [1.165, 1.54) is 16.7 Å². The maximum Gasteiger partial charge on any atom is 0.306 e. The molecule has 0 spiro atoms. The van der Waals surface area contributed by atoms with Crippen LogP contribution >= 0.6 is 0 Å². The van der Waals surface area contributed by atoms with E-state index in [2.05, 4.69) is 30.2 Å². The molecular formula is C25H33NO5S. The van der Waals surface area contributed by atoms with Crippen molar-refractivity contribution in [3.05, 3.63) is 58.7 Å². The molecule has 7 heteroatoms. The molecule has 174 valence electrons. The van der Waals surface area contributed by atoms with Crippen LogP contribution in [0.3, 0.4) is 0 Å². The topological polar surface area (TPSA) is 65.1 Å². The monoisotopic (exact) mass is 459 g/mol. The molecule has 0 atom stereocenters. The highest BCUT2D eigenvalue weighted by atomic mass is 32.2. The molecule has 0 aromatic heterocycles. The summed E-state index contributed by atoms with van der Waals surface area (Å²) in [6.45, 7) is 1.98. The second-order valence-electron chi connectivity index (χ2n) is 8.30. The van der Waals surface area contributed by atoms with Crippen LogP contribution < -0.4 is 13.7 Å². The highest BCUT2D eigenvalue weighted by Gasteiger charge is 2.15. The van der Waals surface area contributed by atoms with Gasteiger partial charge in [0.25, 0.3) is 0 Å². The second kappa shape index (κ2) is 10.9. The number of aryl methyl sites for hydroxylation is 1. The van der Waals surface area contributed by atoms with Gasteiger partial charge in [-0.25, -0.2) is 0 Å². The molecule has 2 aromatic rings. The Morgan fingerprint density at radius 1 is 0.938 bits per heavy atom. The molecule has 0 unspecified atom stereocenters. The van der Waals surface area contributed by atoms with Crippen molar-refractivity contribution in [3.63, 3.8) is 0 Å². The van der Waals surface area contributed by atoms with Crippen LogP contribution in [-0.2, 0) is 23.0 Å². The van der Waals surface area contributed by atoms with Crippen LogP contribution in [0, 0.1) is 0 Å². The van der Waals surface area contributed by atoms with Crippen LogP contribution in [-0.4, -0.2) is 53.9 Å². The van der Waals surface area contributed by atoms with Gasteiger partial charge in [0.2, 0.25) is 0 Å². The first-order chi connectivity index (χ1) is 15.3. The third-order valence-electron chi connectivity index (χ3n) is 5.71. The number of allylic oxidation sites excluding steroid dienone is 1. The summed E-state index contributed by atoms with van der Waals surface area (Å²) in [6.07, 6.45) is 8.60. The molecule has 0 fully saturated rings. The summed E-state index contributed by atoms with van der Waals surface area (Å²) in [4.78, 5) is 2.34. The van der Waals surface area contributed by atoms with Gasteiger partial charge in [-0.1, -0.05) is 23.8 Å². The van der Waals surface area contributed by atoms with Gasteiger partial charge in [0.1, 0.15) is 5.75 Å². The zero-order valence-corrected chi connectivity index (χ0v) is 20.2. The molecule has 6 nitrogen and oxygen atoms in total. The van der Waals surface area contributed by atoms with E-state index in [9.17, 15) is 8.42 Å². The molecule has 0 heterocycles. The van der Waals surface area contributed by atoms with Gasteiger partial charge in [-0.3, -0.25) is 0 Å². The smallest absolute Gasteiger partial charge is 0.306 e. The zero-order chi connectivity index (χ0) is 23.1. The summed E-state index contributed by atoms with van der Waals surface area (Å²) in [5, 5.41) is 0. The van der Waals surface area contributed by atoms with E-state index in [1.807, 2.05) is 12.1 Å². The number of hydrogen-bond donors (Lipinski definition) is 0. The quantitative estimate of drug-likeness (QED) is 0.466. The van der Waals surface area contributed by atoms with E-state index in [4.69, 9.17) is 13.7 Å².